The summed E-state index contributed by atoms with van der Waals surface area (Å²) in [6.07, 6.45) is 2.22. The van der Waals surface area contributed by atoms with Gasteiger partial charge in [-0.15, -0.1) is 0 Å². The van der Waals surface area contributed by atoms with E-state index in [1.807, 2.05) is 51.1 Å². The van der Waals surface area contributed by atoms with Gasteiger partial charge in [-0.3, -0.25) is 14.4 Å². The molecule has 1 saturated heterocycles. The van der Waals surface area contributed by atoms with Crippen molar-refractivity contribution >= 4 is 17.7 Å². The van der Waals surface area contributed by atoms with Crippen molar-refractivity contribution < 1.29 is 23.5 Å². The van der Waals surface area contributed by atoms with E-state index >= 15 is 0 Å². The van der Waals surface area contributed by atoms with Gasteiger partial charge in [0, 0.05) is 25.7 Å². The van der Waals surface area contributed by atoms with Crippen molar-refractivity contribution in [1.82, 2.24) is 15.1 Å². The van der Waals surface area contributed by atoms with Crippen LogP contribution in [0.15, 0.2) is 53.1 Å². The Bertz CT molecular complexity index is 915. The Morgan fingerprint density at radius 1 is 1.15 bits per heavy atom. The minimum Gasteiger partial charge on any atom is -0.459 e. The summed E-state index contributed by atoms with van der Waals surface area (Å²) in [6, 6.07) is 12.1. The Kier molecular flexibility index (Phi) is 8.65. The summed E-state index contributed by atoms with van der Waals surface area (Å²) in [5, 5.41) is 2.87. The normalized spacial score (nSPS) is 18.0. The maximum Gasteiger partial charge on any atom is 0.289 e. The molecule has 1 aromatic heterocycles. The number of carbonyl (C=O) groups excluding carboxylic acids is 3. The summed E-state index contributed by atoms with van der Waals surface area (Å²) in [5.74, 6) is -0.362. The first-order valence-corrected chi connectivity index (χ1v) is 11.4. The molecular formula is C25H33N3O5. The van der Waals surface area contributed by atoms with Crippen molar-refractivity contribution in [3.05, 3.63) is 60.1 Å². The molecule has 8 heteroatoms. The third kappa shape index (κ3) is 6.44. The number of carbonyl (C=O) groups is 3. The van der Waals surface area contributed by atoms with Gasteiger partial charge in [0.1, 0.15) is 12.6 Å². The number of furan rings is 1. The lowest BCUT2D eigenvalue weighted by atomic mass is 9.97. The molecule has 0 radical (unpaired) electrons. The fourth-order valence-corrected chi connectivity index (χ4v) is 3.93. The summed E-state index contributed by atoms with van der Waals surface area (Å²) < 4.78 is 10.8. The van der Waals surface area contributed by atoms with Crippen molar-refractivity contribution in [3.63, 3.8) is 0 Å². The first-order chi connectivity index (χ1) is 15.9. The minimum absolute atomic E-state index is 0.0336. The standard InChI is InChI=1S/C25H33N3O5/c1-4-18(2)23(26-22(29)17-32-16-20-9-6-5-7-10-20)25(31)27-12-13-28(19(3)15-27)24(30)21-11-8-14-33-21/h5-11,14,18-19,23H,4,12-13,15-17H2,1-3H3,(H,26,29). The van der Waals surface area contributed by atoms with Gasteiger partial charge < -0.3 is 24.3 Å². The number of benzene rings is 1. The van der Waals surface area contributed by atoms with Gasteiger partial charge in [-0.05, 0) is 30.5 Å². The summed E-state index contributed by atoms with van der Waals surface area (Å²) in [7, 11) is 0. The fourth-order valence-electron chi connectivity index (χ4n) is 3.93. The molecular weight excluding hydrogens is 422 g/mol. The van der Waals surface area contributed by atoms with Crippen molar-refractivity contribution in [1.29, 1.82) is 0 Å². The topological polar surface area (TPSA) is 92.1 Å². The Morgan fingerprint density at radius 2 is 1.91 bits per heavy atom. The smallest absolute Gasteiger partial charge is 0.289 e. The van der Waals surface area contributed by atoms with Gasteiger partial charge in [-0.25, -0.2) is 0 Å². The molecule has 1 fully saturated rings. The highest BCUT2D eigenvalue weighted by atomic mass is 16.5. The third-order valence-electron chi connectivity index (χ3n) is 6.07. The lowest BCUT2D eigenvalue weighted by Gasteiger charge is -2.41. The number of hydrogen-bond acceptors (Lipinski definition) is 5. The van der Waals surface area contributed by atoms with Crippen LogP contribution >= 0.6 is 0 Å². The number of nitrogens with zero attached hydrogens (tertiary/aromatic N) is 2. The van der Waals surface area contributed by atoms with E-state index in [1.54, 1.807) is 21.9 Å². The lowest BCUT2D eigenvalue weighted by molar-refractivity contribution is -0.141. The van der Waals surface area contributed by atoms with E-state index in [0.29, 0.717) is 32.0 Å². The summed E-state index contributed by atoms with van der Waals surface area (Å²) >= 11 is 0. The molecule has 178 valence electrons. The molecule has 3 rings (SSSR count). The Balaban J connectivity index is 1.55. The number of piperazine rings is 1. The second-order valence-corrected chi connectivity index (χ2v) is 8.52. The molecule has 1 N–H and O–H groups in total. The largest absolute Gasteiger partial charge is 0.459 e. The van der Waals surface area contributed by atoms with E-state index in [2.05, 4.69) is 5.32 Å². The summed E-state index contributed by atoms with van der Waals surface area (Å²) in [4.78, 5) is 41.9. The molecule has 8 nitrogen and oxygen atoms in total. The quantitative estimate of drug-likeness (QED) is 0.628. The molecule has 1 aromatic carbocycles. The Labute approximate surface area is 194 Å². The fraction of sp³-hybridized carbons (Fsp3) is 0.480. The zero-order chi connectivity index (χ0) is 23.8. The van der Waals surface area contributed by atoms with Crippen molar-refractivity contribution in [2.75, 3.05) is 26.2 Å². The zero-order valence-corrected chi connectivity index (χ0v) is 19.5. The van der Waals surface area contributed by atoms with Crippen molar-refractivity contribution in [3.8, 4) is 0 Å². The van der Waals surface area contributed by atoms with E-state index in [1.165, 1.54) is 6.26 Å². The third-order valence-corrected chi connectivity index (χ3v) is 6.07. The van der Waals surface area contributed by atoms with Crippen LogP contribution in [0.25, 0.3) is 0 Å². The molecule has 2 aromatic rings. The predicted octanol–water partition coefficient (Wildman–Crippen LogP) is 2.70. The van der Waals surface area contributed by atoms with Crippen LogP contribution in [0.1, 0.15) is 43.3 Å². The average Bonchev–Trinajstić information content (AvgIpc) is 3.37. The monoisotopic (exact) mass is 455 g/mol. The molecule has 1 aliphatic rings. The number of rotatable bonds is 9. The van der Waals surface area contributed by atoms with E-state index in [0.717, 1.165) is 12.0 Å². The molecule has 0 bridgehead atoms. The highest BCUT2D eigenvalue weighted by Crippen LogP contribution is 2.18. The predicted molar refractivity (Wildman–Crippen MR) is 123 cm³/mol. The van der Waals surface area contributed by atoms with Gasteiger partial charge in [-0.2, -0.15) is 0 Å². The first-order valence-electron chi connectivity index (χ1n) is 11.4. The van der Waals surface area contributed by atoms with Crippen LogP contribution in [0.3, 0.4) is 0 Å². The van der Waals surface area contributed by atoms with Gasteiger partial charge in [0.05, 0.1) is 12.9 Å². The molecule has 33 heavy (non-hydrogen) atoms. The van der Waals surface area contributed by atoms with E-state index in [-0.39, 0.29) is 36.3 Å². The van der Waals surface area contributed by atoms with Gasteiger partial charge in [0.2, 0.25) is 11.8 Å². The summed E-state index contributed by atoms with van der Waals surface area (Å²) in [5.41, 5.74) is 0.982. The minimum atomic E-state index is -0.637. The molecule has 0 saturated carbocycles. The van der Waals surface area contributed by atoms with Crippen LogP contribution in [0.4, 0.5) is 0 Å². The average molecular weight is 456 g/mol. The van der Waals surface area contributed by atoms with Crippen LogP contribution < -0.4 is 5.32 Å². The highest BCUT2D eigenvalue weighted by molar-refractivity contribution is 5.92. The second-order valence-electron chi connectivity index (χ2n) is 8.52. The Hall–Kier alpha value is -3.13. The van der Waals surface area contributed by atoms with Gasteiger partial charge in [0.15, 0.2) is 5.76 Å². The lowest BCUT2D eigenvalue weighted by Crippen LogP contribution is -2.60. The number of hydrogen-bond donors (Lipinski definition) is 1. The van der Waals surface area contributed by atoms with Crippen LogP contribution in [-0.4, -0.2) is 65.8 Å². The number of nitrogens with one attached hydrogen (secondary N) is 1. The molecule has 3 amide bonds. The second kappa shape index (κ2) is 11.7. The van der Waals surface area contributed by atoms with Crippen LogP contribution in [0.5, 0.6) is 0 Å². The maximum atomic E-state index is 13.3. The Morgan fingerprint density at radius 3 is 2.55 bits per heavy atom. The maximum absolute atomic E-state index is 13.3. The van der Waals surface area contributed by atoms with Gasteiger partial charge >= 0.3 is 0 Å². The molecule has 1 aliphatic heterocycles. The summed E-state index contributed by atoms with van der Waals surface area (Å²) in [6.45, 7) is 7.29. The van der Waals surface area contributed by atoms with E-state index in [9.17, 15) is 14.4 Å². The van der Waals surface area contributed by atoms with Gasteiger partial charge in [-0.1, -0.05) is 50.6 Å². The van der Waals surface area contributed by atoms with E-state index < -0.39 is 6.04 Å². The van der Waals surface area contributed by atoms with Crippen LogP contribution in [0, 0.1) is 5.92 Å². The number of amides is 3. The van der Waals surface area contributed by atoms with Crippen molar-refractivity contribution in [2.24, 2.45) is 5.92 Å². The van der Waals surface area contributed by atoms with Crippen LogP contribution in [-0.2, 0) is 20.9 Å². The zero-order valence-electron chi connectivity index (χ0n) is 19.5. The molecule has 0 aliphatic carbocycles. The SMILES string of the molecule is CCC(C)C(NC(=O)COCc1ccccc1)C(=O)N1CCN(C(=O)c2ccco2)C(C)C1. The molecule has 0 spiro atoms. The van der Waals surface area contributed by atoms with E-state index in [4.69, 9.17) is 9.15 Å². The number of ether oxygens (including phenoxy) is 1. The highest BCUT2D eigenvalue weighted by Gasteiger charge is 2.35. The molecule has 2 heterocycles. The van der Waals surface area contributed by atoms with Crippen molar-refractivity contribution in [2.45, 2.75) is 45.9 Å². The van der Waals surface area contributed by atoms with Crippen LogP contribution in [0.2, 0.25) is 0 Å². The van der Waals surface area contributed by atoms with Gasteiger partial charge in [0.25, 0.3) is 5.91 Å². The first kappa shape index (κ1) is 24.5. The molecule has 3 atom stereocenters. The molecule has 3 unspecified atom stereocenters.